The van der Waals surface area contributed by atoms with Crippen molar-refractivity contribution >= 4 is 0 Å². The number of hydrogen-bond acceptors (Lipinski definition) is 0. The van der Waals surface area contributed by atoms with Gasteiger partial charge in [-0.1, -0.05) is 96.0 Å². The highest BCUT2D eigenvalue weighted by Crippen LogP contribution is 2.15. The summed E-state index contributed by atoms with van der Waals surface area (Å²) in [6, 6.07) is 17.4. The van der Waals surface area contributed by atoms with Crippen molar-refractivity contribution in [2.24, 2.45) is 0 Å². The van der Waals surface area contributed by atoms with Gasteiger partial charge in [0.2, 0.25) is 0 Å². The maximum absolute atomic E-state index is 2.34. The van der Waals surface area contributed by atoms with Crippen molar-refractivity contribution in [2.45, 2.75) is 67.2 Å². The Balaban J connectivity index is 0.000000639. The summed E-state index contributed by atoms with van der Waals surface area (Å²) in [4.78, 5) is 0. The Hall–Kier alpha value is -1.56. The second kappa shape index (κ2) is 13.1. The van der Waals surface area contributed by atoms with Crippen molar-refractivity contribution in [3.05, 3.63) is 70.8 Å². The molecular weight excluding hydrogens is 264 g/mol. The van der Waals surface area contributed by atoms with Gasteiger partial charge in [0.1, 0.15) is 0 Å². The molecule has 2 aromatic rings. The average molecular weight is 299 g/mol. The molecular formula is C22H34. The number of benzene rings is 2. The van der Waals surface area contributed by atoms with Gasteiger partial charge in [-0.15, -0.1) is 0 Å². The van der Waals surface area contributed by atoms with Gasteiger partial charge in [0.05, 0.1) is 0 Å². The van der Waals surface area contributed by atoms with Gasteiger partial charge in [0.25, 0.3) is 0 Å². The fourth-order valence-corrected chi connectivity index (χ4v) is 2.05. The first kappa shape index (κ1) is 20.4. The molecule has 0 saturated carbocycles. The van der Waals surface area contributed by atoms with E-state index in [2.05, 4.69) is 90.1 Å². The van der Waals surface area contributed by atoms with Crippen LogP contribution in [-0.4, -0.2) is 0 Å². The molecule has 0 aliphatic carbocycles. The van der Waals surface area contributed by atoms with Crippen LogP contribution in [0, 0.1) is 6.92 Å². The van der Waals surface area contributed by atoms with E-state index in [9.17, 15) is 0 Å². The Morgan fingerprint density at radius 3 is 1.73 bits per heavy atom. The lowest BCUT2D eigenvalue weighted by atomic mass is 9.99. The third-order valence-electron chi connectivity index (χ3n) is 3.05. The molecule has 0 aromatic heterocycles. The van der Waals surface area contributed by atoms with E-state index in [4.69, 9.17) is 0 Å². The summed E-state index contributed by atoms with van der Waals surface area (Å²) in [5.41, 5.74) is 5.66. The van der Waals surface area contributed by atoms with Crippen molar-refractivity contribution in [3.63, 3.8) is 0 Å². The van der Waals surface area contributed by atoms with Crippen molar-refractivity contribution in [3.8, 4) is 0 Å². The lowest BCUT2D eigenvalue weighted by molar-refractivity contribution is 1.08. The molecule has 0 aliphatic heterocycles. The maximum Gasteiger partial charge on any atom is -0.00257 e. The van der Waals surface area contributed by atoms with Crippen molar-refractivity contribution in [1.82, 2.24) is 0 Å². The molecule has 122 valence electrons. The molecule has 2 aromatic carbocycles. The zero-order valence-corrected chi connectivity index (χ0v) is 15.4. The summed E-state index contributed by atoms with van der Waals surface area (Å²) in [6.07, 6.45) is 4.66. The van der Waals surface area contributed by atoms with Crippen molar-refractivity contribution in [2.75, 3.05) is 0 Å². The highest BCUT2D eigenvalue weighted by atomic mass is 14.0. The highest BCUT2D eigenvalue weighted by molar-refractivity contribution is 5.34. The van der Waals surface area contributed by atoms with E-state index in [0.29, 0.717) is 0 Å². The summed E-state index contributed by atoms with van der Waals surface area (Å²) < 4.78 is 0. The zero-order valence-electron chi connectivity index (χ0n) is 15.4. The minimum atomic E-state index is 1.04. The van der Waals surface area contributed by atoms with Crippen LogP contribution in [0.4, 0.5) is 0 Å². The van der Waals surface area contributed by atoms with Gasteiger partial charge < -0.3 is 0 Å². The van der Waals surface area contributed by atoms with Gasteiger partial charge in [-0.2, -0.15) is 0 Å². The van der Waals surface area contributed by atoms with Crippen LogP contribution in [0.5, 0.6) is 0 Å². The van der Waals surface area contributed by atoms with Crippen LogP contribution >= 0.6 is 0 Å². The smallest absolute Gasteiger partial charge is 0.00257 e. The molecule has 0 amide bonds. The Kier molecular flexibility index (Phi) is 12.2. The van der Waals surface area contributed by atoms with Crippen LogP contribution in [0.1, 0.15) is 69.7 Å². The number of rotatable bonds is 3. The van der Waals surface area contributed by atoms with Gasteiger partial charge >= 0.3 is 0 Å². The molecule has 0 bridgehead atoms. The monoisotopic (exact) mass is 298 g/mol. The second-order valence-electron chi connectivity index (χ2n) is 5.69. The topological polar surface area (TPSA) is 0 Å². The summed E-state index contributed by atoms with van der Waals surface area (Å²) >= 11 is 0. The van der Waals surface area contributed by atoms with E-state index in [1.54, 1.807) is 0 Å². The number of hydrogen-bond donors (Lipinski definition) is 0. The van der Waals surface area contributed by atoms with E-state index >= 15 is 0 Å². The second-order valence-corrected chi connectivity index (χ2v) is 5.69. The quantitative estimate of drug-likeness (QED) is 0.573. The number of aryl methyl sites for hydroxylation is 2. The molecule has 0 nitrogen and oxygen atoms in total. The predicted octanol–water partition coefficient (Wildman–Crippen LogP) is 6.98. The summed E-state index contributed by atoms with van der Waals surface area (Å²) in [5.74, 6) is 0. The van der Waals surface area contributed by atoms with Gasteiger partial charge in [-0.3, -0.25) is 0 Å². The van der Waals surface area contributed by atoms with Gasteiger partial charge in [-0.05, 0) is 42.0 Å². The molecule has 0 heteroatoms. The summed E-state index contributed by atoms with van der Waals surface area (Å²) in [5, 5.41) is 0. The molecule has 0 atom stereocenters. The Morgan fingerprint density at radius 2 is 1.23 bits per heavy atom. The first-order valence-corrected chi connectivity index (χ1v) is 8.74. The molecule has 0 spiro atoms. The SMILES string of the molecule is CCC.CCC.CCc1cc(Cc2ccccc2)ccc1C. The summed E-state index contributed by atoms with van der Waals surface area (Å²) in [7, 11) is 0. The highest BCUT2D eigenvalue weighted by Gasteiger charge is 1.99. The fraction of sp³-hybridized carbons (Fsp3) is 0.455. The first-order chi connectivity index (χ1) is 10.6. The third-order valence-corrected chi connectivity index (χ3v) is 3.05. The average Bonchev–Trinajstić information content (AvgIpc) is 2.52. The van der Waals surface area contributed by atoms with Crippen LogP contribution in [0.2, 0.25) is 0 Å². The molecule has 0 N–H and O–H groups in total. The van der Waals surface area contributed by atoms with Gasteiger partial charge in [-0.25, -0.2) is 0 Å². The van der Waals surface area contributed by atoms with Crippen LogP contribution in [0.25, 0.3) is 0 Å². The van der Waals surface area contributed by atoms with E-state index < -0.39 is 0 Å². The molecule has 0 radical (unpaired) electrons. The molecule has 22 heavy (non-hydrogen) atoms. The Labute approximate surface area is 138 Å². The van der Waals surface area contributed by atoms with Crippen LogP contribution in [0.15, 0.2) is 48.5 Å². The Bertz CT molecular complexity index is 481. The van der Waals surface area contributed by atoms with Gasteiger partial charge in [0.15, 0.2) is 0 Å². The fourth-order valence-electron chi connectivity index (χ4n) is 2.05. The van der Waals surface area contributed by atoms with E-state index in [-0.39, 0.29) is 0 Å². The lowest BCUT2D eigenvalue weighted by Crippen LogP contribution is -1.92. The van der Waals surface area contributed by atoms with E-state index in [1.165, 1.54) is 35.1 Å². The van der Waals surface area contributed by atoms with Crippen molar-refractivity contribution in [1.29, 1.82) is 0 Å². The van der Waals surface area contributed by atoms with Crippen LogP contribution < -0.4 is 0 Å². The molecule has 0 aliphatic rings. The largest absolute Gasteiger partial charge is 0.0656 e. The van der Waals surface area contributed by atoms with Crippen LogP contribution in [0.3, 0.4) is 0 Å². The molecule has 0 unspecified atom stereocenters. The van der Waals surface area contributed by atoms with Crippen molar-refractivity contribution < 1.29 is 0 Å². The molecule has 0 saturated heterocycles. The normalized spacial score (nSPS) is 9.18. The maximum atomic E-state index is 2.34. The zero-order chi connectivity index (χ0) is 16.8. The minimum absolute atomic E-state index is 1.04. The molecule has 0 fully saturated rings. The predicted molar refractivity (Wildman–Crippen MR) is 102 cm³/mol. The van der Waals surface area contributed by atoms with Crippen LogP contribution in [-0.2, 0) is 12.8 Å². The van der Waals surface area contributed by atoms with E-state index in [1.807, 2.05) is 0 Å². The Morgan fingerprint density at radius 1 is 0.682 bits per heavy atom. The first-order valence-electron chi connectivity index (χ1n) is 8.74. The van der Waals surface area contributed by atoms with E-state index in [0.717, 1.165) is 12.8 Å². The standard InChI is InChI=1S/C16H18.2C3H8/c1-3-16-12-15(10-9-13(16)2)11-14-7-5-4-6-8-14;2*1-3-2/h4-10,12H,3,11H2,1-2H3;2*3H2,1-2H3. The summed E-state index contributed by atoms with van der Waals surface area (Å²) in [6.45, 7) is 12.9. The molecule has 2 rings (SSSR count). The van der Waals surface area contributed by atoms with Gasteiger partial charge in [0, 0.05) is 0 Å². The molecule has 0 heterocycles. The third kappa shape index (κ3) is 8.67. The lowest BCUT2D eigenvalue weighted by Gasteiger charge is -2.07. The minimum Gasteiger partial charge on any atom is -0.0656 e.